The minimum atomic E-state index is -0.963. The first-order chi connectivity index (χ1) is 7.15. The number of hydrogen-bond acceptors (Lipinski definition) is 2. The van der Waals surface area contributed by atoms with Crippen LogP contribution in [0.5, 0.6) is 0 Å². The zero-order valence-corrected chi connectivity index (χ0v) is 8.69. The van der Waals surface area contributed by atoms with Crippen molar-refractivity contribution in [1.29, 1.82) is 0 Å². The van der Waals surface area contributed by atoms with E-state index in [4.69, 9.17) is 5.11 Å². The van der Waals surface area contributed by atoms with Crippen LogP contribution in [0.15, 0.2) is 18.3 Å². The number of carbonyl (C=O) groups is 1. The highest BCUT2D eigenvalue weighted by molar-refractivity contribution is 5.88. The molecule has 1 N–H and O–H groups in total. The third-order valence-corrected chi connectivity index (χ3v) is 2.48. The third-order valence-electron chi connectivity index (χ3n) is 2.48. The molecular formula is C11H12N2O2. The van der Waals surface area contributed by atoms with Gasteiger partial charge in [0.1, 0.15) is 5.65 Å². The number of fused-ring (bicyclic) bond motifs is 1. The van der Waals surface area contributed by atoms with Gasteiger partial charge in [0.15, 0.2) is 5.69 Å². The second-order valence-electron chi connectivity index (χ2n) is 3.45. The van der Waals surface area contributed by atoms with Crippen molar-refractivity contribution in [2.45, 2.75) is 20.3 Å². The quantitative estimate of drug-likeness (QED) is 0.812. The molecule has 4 nitrogen and oxygen atoms in total. The van der Waals surface area contributed by atoms with Crippen LogP contribution in [-0.4, -0.2) is 20.5 Å². The van der Waals surface area contributed by atoms with Gasteiger partial charge in [-0.1, -0.05) is 13.0 Å². The summed E-state index contributed by atoms with van der Waals surface area (Å²) in [4.78, 5) is 15.1. The second kappa shape index (κ2) is 3.38. The number of aryl methyl sites for hydroxylation is 2. The smallest absolute Gasteiger partial charge is 0.356 e. The molecule has 0 fully saturated rings. The maximum absolute atomic E-state index is 11.0. The maximum atomic E-state index is 11.0. The molecule has 0 saturated heterocycles. The predicted octanol–water partition coefficient (Wildman–Crippen LogP) is 1.90. The molecule has 4 heteroatoms. The van der Waals surface area contributed by atoms with Crippen molar-refractivity contribution in [3.05, 3.63) is 35.3 Å². The van der Waals surface area contributed by atoms with E-state index in [0.717, 1.165) is 16.9 Å². The first kappa shape index (κ1) is 9.71. The number of carboxylic acid groups (broad SMARTS) is 1. The molecule has 0 saturated carbocycles. The van der Waals surface area contributed by atoms with Crippen LogP contribution in [0.4, 0.5) is 0 Å². The van der Waals surface area contributed by atoms with Gasteiger partial charge in [-0.25, -0.2) is 9.78 Å². The standard InChI is InChI=1S/C11H12N2O2/c1-3-8-9(11(14)15)12-10-7(2)5-4-6-13(8)10/h4-6H,3H2,1-2H3,(H,14,15). The average molecular weight is 204 g/mol. The zero-order valence-electron chi connectivity index (χ0n) is 8.69. The number of carboxylic acids is 1. The van der Waals surface area contributed by atoms with Crippen LogP contribution in [-0.2, 0) is 6.42 Å². The summed E-state index contributed by atoms with van der Waals surface area (Å²) in [5.41, 5.74) is 2.62. The molecule has 2 heterocycles. The number of imidazole rings is 1. The maximum Gasteiger partial charge on any atom is 0.356 e. The average Bonchev–Trinajstić information content (AvgIpc) is 2.57. The van der Waals surface area contributed by atoms with Gasteiger partial charge in [0, 0.05) is 6.20 Å². The Bertz CT molecular complexity index is 529. The SMILES string of the molecule is CCc1c(C(=O)O)nc2c(C)cccn12. The van der Waals surface area contributed by atoms with Crippen LogP contribution < -0.4 is 0 Å². The predicted molar refractivity (Wildman–Crippen MR) is 56.3 cm³/mol. The third kappa shape index (κ3) is 1.38. The van der Waals surface area contributed by atoms with E-state index in [9.17, 15) is 4.79 Å². The molecule has 2 aromatic heterocycles. The molecule has 0 spiro atoms. The molecule has 0 unspecified atom stereocenters. The van der Waals surface area contributed by atoms with Gasteiger partial charge in [-0.3, -0.25) is 0 Å². The summed E-state index contributed by atoms with van der Waals surface area (Å²) in [7, 11) is 0. The lowest BCUT2D eigenvalue weighted by molar-refractivity contribution is 0.0690. The van der Waals surface area contributed by atoms with Crippen molar-refractivity contribution in [1.82, 2.24) is 9.38 Å². The van der Waals surface area contributed by atoms with E-state index in [-0.39, 0.29) is 5.69 Å². The van der Waals surface area contributed by atoms with Gasteiger partial charge < -0.3 is 9.51 Å². The molecule has 0 aliphatic carbocycles. The molecule has 2 aromatic rings. The molecule has 0 aliphatic rings. The van der Waals surface area contributed by atoms with Crippen molar-refractivity contribution in [2.75, 3.05) is 0 Å². The van der Waals surface area contributed by atoms with Crippen LogP contribution in [0.25, 0.3) is 5.65 Å². The molecule has 0 aliphatic heterocycles. The molecule has 0 aromatic carbocycles. The lowest BCUT2D eigenvalue weighted by Crippen LogP contribution is -2.02. The van der Waals surface area contributed by atoms with Gasteiger partial charge in [-0.05, 0) is 25.0 Å². The Balaban J connectivity index is 2.84. The number of aromatic nitrogens is 2. The van der Waals surface area contributed by atoms with E-state index < -0.39 is 5.97 Å². The lowest BCUT2D eigenvalue weighted by atomic mass is 10.2. The Morgan fingerprint density at radius 1 is 1.60 bits per heavy atom. The van der Waals surface area contributed by atoms with Gasteiger partial charge in [0.25, 0.3) is 0 Å². The van der Waals surface area contributed by atoms with E-state index in [1.54, 1.807) is 0 Å². The first-order valence-corrected chi connectivity index (χ1v) is 4.85. The Hall–Kier alpha value is -1.84. The van der Waals surface area contributed by atoms with Gasteiger partial charge in [-0.2, -0.15) is 0 Å². The number of nitrogens with zero attached hydrogens (tertiary/aromatic N) is 2. The van der Waals surface area contributed by atoms with Crippen LogP contribution in [0, 0.1) is 6.92 Å². The van der Waals surface area contributed by atoms with E-state index >= 15 is 0 Å². The minimum Gasteiger partial charge on any atom is -0.476 e. The Kier molecular flexibility index (Phi) is 2.19. The highest BCUT2D eigenvalue weighted by Gasteiger charge is 2.16. The molecule has 0 bridgehead atoms. The fourth-order valence-corrected chi connectivity index (χ4v) is 1.76. The Morgan fingerprint density at radius 3 is 2.93 bits per heavy atom. The number of rotatable bonds is 2. The summed E-state index contributed by atoms with van der Waals surface area (Å²) in [6, 6.07) is 3.82. The second-order valence-corrected chi connectivity index (χ2v) is 3.45. The van der Waals surface area contributed by atoms with Crippen LogP contribution in [0.1, 0.15) is 28.7 Å². The summed E-state index contributed by atoms with van der Waals surface area (Å²) >= 11 is 0. The van der Waals surface area contributed by atoms with Crippen molar-refractivity contribution in [3.63, 3.8) is 0 Å². The fraction of sp³-hybridized carbons (Fsp3) is 0.273. The first-order valence-electron chi connectivity index (χ1n) is 4.85. The van der Waals surface area contributed by atoms with E-state index in [1.165, 1.54) is 0 Å². The summed E-state index contributed by atoms with van der Waals surface area (Å²) in [5.74, 6) is -0.963. The van der Waals surface area contributed by atoms with Crippen LogP contribution in [0.2, 0.25) is 0 Å². The largest absolute Gasteiger partial charge is 0.476 e. The van der Waals surface area contributed by atoms with Gasteiger partial charge >= 0.3 is 5.97 Å². The molecule has 2 rings (SSSR count). The number of hydrogen-bond donors (Lipinski definition) is 1. The Labute approximate surface area is 87.2 Å². The van der Waals surface area contributed by atoms with E-state index in [2.05, 4.69) is 4.98 Å². The summed E-state index contributed by atoms with van der Waals surface area (Å²) in [5, 5.41) is 9.01. The topological polar surface area (TPSA) is 54.6 Å². The molecule has 15 heavy (non-hydrogen) atoms. The highest BCUT2D eigenvalue weighted by Crippen LogP contribution is 2.16. The van der Waals surface area contributed by atoms with E-state index in [1.807, 2.05) is 36.6 Å². The fourth-order valence-electron chi connectivity index (χ4n) is 1.76. The van der Waals surface area contributed by atoms with Crippen molar-refractivity contribution in [3.8, 4) is 0 Å². The molecule has 0 amide bonds. The summed E-state index contributed by atoms with van der Waals surface area (Å²) in [6.45, 7) is 3.85. The van der Waals surface area contributed by atoms with Gasteiger partial charge in [-0.15, -0.1) is 0 Å². The van der Waals surface area contributed by atoms with Crippen LogP contribution in [0.3, 0.4) is 0 Å². The molecule has 0 atom stereocenters. The highest BCUT2D eigenvalue weighted by atomic mass is 16.4. The normalized spacial score (nSPS) is 10.8. The van der Waals surface area contributed by atoms with Crippen LogP contribution >= 0.6 is 0 Å². The minimum absolute atomic E-state index is 0.159. The molecule has 78 valence electrons. The van der Waals surface area contributed by atoms with Gasteiger partial charge in [0.05, 0.1) is 5.69 Å². The number of pyridine rings is 1. The summed E-state index contributed by atoms with van der Waals surface area (Å²) in [6.07, 6.45) is 2.51. The molecule has 0 radical (unpaired) electrons. The molecular weight excluding hydrogens is 192 g/mol. The number of aromatic carboxylic acids is 1. The monoisotopic (exact) mass is 204 g/mol. The van der Waals surface area contributed by atoms with Gasteiger partial charge in [0.2, 0.25) is 0 Å². The summed E-state index contributed by atoms with van der Waals surface area (Å²) < 4.78 is 1.85. The Morgan fingerprint density at radius 2 is 2.33 bits per heavy atom. The lowest BCUT2D eigenvalue weighted by Gasteiger charge is -1.99. The van der Waals surface area contributed by atoms with Crippen molar-refractivity contribution in [2.24, 2.45) is 0 Å². The van der Waals surface area contributed by atoms with E-state index in [0.29, 0.717) is 6.42 Å². The van der Waals surface area contributed by atoms with Crippen molar-refractivity contribution >= 4 is 11.6 Å². The zero-order chi connectivity index (χ0) is 11.0. The van der Waals surface area contributed by atoms with Crippen molar-refractivity contribution < 1.29 is 9.90 Å².